The zero-order valence-corrected chi connectivity index (χ0v) is 18.7. The number of aromatic nitrogens is 1. The molecule has 0 amide bonds. The lowest BCUT2D eigenvalue weighted by molar-refractivity contribution is 0.812. The van der Waals surface area contributed by atoms with E-state index in [0.717, 1.165) is 25.1 Å². The predicted molar refractivity (Wildman–Crippen MR) is 132 cm³/mol. The Labute approximate surface area is 186 Å². The maximum atomic E-state index is 4.74. The normalized spacial score (nSPS) is 14.8. The first kappa shape index (κ1) is 21.1. The summed E-state index contributed by atoms with van der Waals surface area (Å²) in [6.07, 6.45) is 11.6. The average Bonchev–Trinajstić information content (AvgIpc) is 3.62. The Hall–Kier alpha value is -3.13. The molecule has 1 aliphatic carbocycles. The van der Waals surface area contributed by atoms with Crippen molar-refractivity contribution >= 4 is 11.9 Å². The highest BCUT2D eigenvalue weighted by Crippen LogP contribution is 2.54. The van der Waals surface area contributed by atoms with E-state index in [4.69, 9.17) is 4.98 Å². The summed E-state index contributed by atoms with van der Waals surface area (Å²) in [7, 11) is 0. The predicted octanol–water partition coefficient (Wildman–Crippen LogP) is 7.32. The Kier molecular flexibility index (Phi) is 6.36. The lowest BCUT2D eigenvalue weighted by Crippen LogP contribution is -2.18. The first-order valence-corrected chi connectivity index (χ1v) is 11.4. The van der Waals surface area contributed by atoms with Gasteiger partial charge >= 0.3 is 0 Å². The highest BCUT2D eigenvalue weighted by Gasteiger charge is 2.47. The minimum Gasteiger partial charge on any atom is -0.343 e. The van der Waals surface area contributed by atoms with Gasteiger partial charge in [0.05, 0.1) is 0 Å². The van der Waals surface area contributed by atoms with Crippen LogP contribution in [0.25, 0.3) is 6.08 Å². The molecule has 1 aromatic heterocycles. The van der Waals surface area contributed by atoms with Gasteiger partial charge in [-0.05, 0) is 66.0 Å². The summed E-state index contributed by atoms with van der Waals surface area (Å²) in [5.74, 6) is 0.915. The Morgan fingerprint density at radius 1 is 1.03 bits per heavy atom. The molecular weight excluding hydrogens is 376 g/mol. The van der Waals surface area contributed by atoms with Crippen LogP contribution in [-0.2, 0) is 18.3 Å². The molecule has 1 saturated carbocycles. The number of anilines is 1. The van der Waals surface area contributed by atoms with E-state index in [9.17, 15) is 0 Å². The van der Waals surface area contributed by atoms with Crippen LogP contribution in [0, 0.1) is 0 Å². The molecule has 1 heterocycles. The number of aryl methyl sites for hydroxylation is 1. The van der Waals surface area contributed by atoms with E-state index < -0.39 is 0 Å². The summed E-state index contributed by atoms with van der Waals surface area (Å²) < 4.78 is 0. The Bertz CT molecular complexity index is 1070. The molecule has 1 aliphatic rings. The topological polar surface area (TPSA) is 24.9 Å². The van der Waals surface area contributed by atoms with Crippen molar-refractivity contribution in [3.63, 3.8) is 0 Å². The zero-order chi connectivity index (χ0) is 21.7. The third-order valence-corrected chi connectivity index (χ3v) is 6.32. The zero-order valence-electron chi connectivity index (χ0n) is 18.7. The molecule has 0 saturated heterocycles. The van der Waals surface area contributed by atoms with E-state index in [2.05, 4.69) is 92.5 Å². The monoisotopic (exact) mass is 408 g/mol. The van der Waals surface area contributed by atoms with E-state index >= 15 is 0 Å². The lowest BCUT2D eigenvalue weighted by atomic mass is 9.90. The summed E-state index contributed by atoms with van der Waals surface area (Å²) in [5.41, 5.74) is 7.91. The molecular formula is C29H32N2. The number of nitrogens with zero attached hydrogens (tertiary/aromatic N) is 1. The number of benzene rings is 2. The second-order valence-electron chi connectivity index (χ2n) is 8.42. The Balaban J connectivity index is 1.53. The average molecular weight is 409 g/mol. The van der Waals surface area contributed by atoms with Crippen molar-refractivity contribution in [1.29, 1.82) is 0 Å². The molecule has 2 aromatic carbocycles. The molecule has 1 N–H and O–H groups in total. The first-order chi connectivity index (χ1) is 15.2. The minimum atomic E-state index is 0.116. The highest BCUT2D eigenvalue weighted by molar-refractivity contribution is 5.55. The van der Waals surface area contributed by atoms with Crippen LogP contribution >= 0.6 is 0 Å². The highest BCUT2D eigenvalue weighted by atomic mass is 15.0. The summed E-state index contributed by atoms with van der Waals surface area (Å²) in [6, 6.07) is 21.8. The minimum absolute atomic E-state index is 0.116. The number of hydrogen-bond donors (Lipinski definition) is 1. The fraction of sp³-hybridized carbons (Fsp3) is 0.276. The van der Waals surface area contributed by atoms with Crippen molar-refractivity contribution in [2.24, 2.45) is 0 Å². The molecule has 0 radical (unpaired) electrons. The second kappa shape index (κ2) is 9.34. The Morgan fingerprint density at radius 2 is 1.87 bits per heavy atom. The molecule has 31 heavy (non-hydrogen) atoms. The van der Waals surface area contributed by atoms with E-state index in [-0.39, 0.29) is 5.41 Å². The number of rotatable bonds is 9. The summed E-state index contributed by atoms with van der Waals surface area (Å²) in [6.45, 7) is 8.35. The van der Waals surface area contributed by atoms with E-state index in [1.54, 1.807) is 0 Å². The van der Waals surface area contributed by atoms with Gasteiger partial charge < -0.3 is 5.32 Å². The molecule has 2 nitrogen and oxygen atoms in total. The van der Waals surface area contributed by atoms with Gasteiger partial charge in [-0.25, -0.2) is 4.98 Å². The van der Waals surface area contributed by atoms with Crippen LogP contribution < -0.4 is 5.32 Å². The van der Waals surface area contributed by atoms with Crippen molar-refractivity contribution in [3.05, 3.63) is 113 Å². The van der Waals surface area contributed by atoms with Crippen molar-refractivity contribution < 1.29 is 0 Å². The van der Waals surface area contributed by atoms with Crippen LogP contribution in [0.15, 0.2) is 85.2 Å². The van der Waals surface area contributed by atoms with Gasteiger partial charge in [0.1, 0.15) is 5.82 Å². The fourth-order valence-corrected chi connectivity index (χ4v) is 4.35. The van der Waals surface area contributed by atoms with Crippen molar-refractivity contribution in [1.82, 2.24) is 4.98 Å². The second-order valence-corrected chi connectivity index (χ2v) is 8.42. The number of allylic oxidation sites excluding steroid dienone is 2. The molecule has 3 aromatic rings. The van der Waals surface area contributed by atoms with Gasteiger partial charge in [-0.1, -0.05) is 87.2 Å². The maximum Gasteiger partial charge on any atom is 0.130 e. The standard InChI is InChI=1S/C29H32N2/c1-4-10-27(29(17-18-29)26-14-9-11-22(5-2)20-26)31-28-16-15-23(21-30-28)19-25-13-8-7-12-24(25)6-3/h6-16,20-21H,3-5,17-19H2,1-2H3,(H,30,31)/b27-10-. The van der Waals surface area contributed by atoms with Crippen molar-refractivity contribution in [2.45, 2.75) is 51.4 Å². The smallest absolute Gasteiger partial charge is 0.130 e. The molecule has 0 spiro atoms. The van der Waals surface area contributed by atoms with Gasteiger partial charge in [-0.3, -0.25) is 0 Å². The van der Waals surface area contributed by atoms with Crippen LogP contribution in [0.3, 0.4) is 0 Å². The Morgan fingerprint density at radius 3 is 2.55 bits per heavy atom. The lowest BCUT2D eigenvalue weighted by Gasteiger charge is -2.22. The fourth-order valence-electron chi connectivity index (χ4n) is 4.35. The van der Waals surface area contributed by atoms with Gasteiger partial charge in [-0.15, -0.1) is 0 Å². The van der Waals surface area contributed by atoms with Gasteiger partial charge in [0, 0.05) is 17.3 Å². The van der Waals surface area contributed by atoms with Crippen molar-refractivity contribution in [3.8, 4) is 0 Å². The summed E-state index contributed by atoms with van der Waals surface area (Å²) >= 11 is 0. The molecule has 158 valence electrons. The molecule has 0 atom stereocenters. The van der Waals surface area contributed by atoms with Crippen LogP contribution in [0.5, 0.6) is 0 Å². The van der Waals surface area contributed by atoms with Gasteiger partial charge in [-0.2, -0.15) is 0 Å². The van der Waals surface area contributed by atoms with E-state index in [1.165, 1.54) is 46.4 Å². The van der Waals surface area contributed by atoms with Crippen LogP contribution in [0.2, 0.25) is 0 Å². The molecule has 0 bridgehead atoms. The number of hydrogen-bond acceptors (Lipinski definition) is 2. The van der Waals surface area contributed by atoms with E-state index in [0.29, 0.717) is 0 Å². The maximum absolute atomic E-state index is 4.74. The molecule has 0 aliphatic heterocycles. The van der Waals surface area contributed by atoms with Crippen LogP contribution in [0.4, 0.5) is 5.82 Å². The first-order valence-electron chi connectivity index (χ1n) is 11.4. The van der Waals surface area contributed by atoms with Gasteiger partial charge in [0.15, 0.2) is 0 Å². The number of pyridine rings is 1. The number of nitrogens with one attached hydrogen (secondary N) is 1. The van der Waals surface area contributed by atoms with Gasteiger partial charge in [0.25, 0.3) is 0 Å². The summed E-state index contributed by atoms with van der Waals surface area (Å²) in [5, 5.41) is 3.67. The largest absolute Gasteiger partial charge is 0.343 e. The third-order valence-electron chi connectivity index (χ3n) is 6.32. The van der Waals surface area contributed by atoms with Crippen LogP contribution in [-0.4, -0.2) is 4.98 Å². The molecule has 4 rings (SSSR count). The van der Waals surface area contributed by atoms with E-state index in [1.807, 2.05) is 12.3 Å². The van der Waals surface area contributed by atoms with Gasteiger partial charge in [0.2, 0.25) is 0 Å². The quantitative estimate of drug-likeness (QED) is 0.401. The van der Waals surface area contributed by atoms with Crippen LogP contribution in [0.1, 0.15) is 60.9 Å². The van der Waals surface area contributed by atoms with Crippen molar-refractivity contribution in [2.75, 3.05) is 5.32 Å². The molecule has 0 unspecified atom stereocenters. The summed E-state index contributed by atoms with van der Waals surface area (Å²) in [4.78, 5) is 4.74. The molecule has 1 fully saturated rings. The SMILES string of the molecule is C=Cc1ccccc1Cc1ccc(N/C(=C\CC)C2(c3cccc(CC)c3)CC2)nc1. The third kappa shape index (κ3) is 4.64. The molecule has 2 heteroatoms.